The summed E-state index contributed by atoms with van der Waals surface area (Å²) >= 11 is 0. The van der Waals surface area contributed by atoms with Crippen LogP contribution in [0.2, 0.25) is 0 Å². The molecule has 10 heavy (non-hydrogen) atoms. The first-order valence-corrected chi connectivity index (χ1v) is 3.48. The zero-order chi connectivity index (χ0) is 7.07. The van der Waals surface area contributed by atoms with Crippen LogP contribution in [0.4, 0.5) is 0 Å². The highest BCUT2D eigenvalue weighted by atomic mass is 13.8. The molecular weight excluding hydrogens is 120 g/mol. The fourth-order valence-electron chi connectivity index (χ4n) is 0.714. The molecule has 1 radical (unpaired) electrons. The van der Waals surface area contributed by atoms with Crippen LogP contribution >= 0.6 is 0 Å². The molecule has 0 amide bonds. The minimum absolute atomic E-state index is 1.02. The van der Waals surface area contributed by atoms with Crippen molar-refractivity contribution in [3.63, 3.8) is 0 Å². The van der Waals surface area contributed by atoms with Gasteiger partial charge in [-0.05, 0) is 12.8 Å². The van der Waals surface area contributed by atoms with E-state index in [-0.39, 0.29) is 0 Å². The molecule has 0 N–H and O–H groups in total. The van der Waals surface area contributed by atoms with Gasteiger partial charge in [-0.1, -0.05) is 48.6 Å². The second-order valence-electron chi connectivity index (χ2n) is 2.05. The molecule has 1 aliphatic carbocycles. The molecule has 0 saturated carbocycles. The predicted molar refractivity (Wildman–Crippen MR) is 45.5 cm³/mol. The summed E-state index contributed by atoms with van der Waals surface area (Å²) in [6.45, 7) is 0. The Morgan fingerprint density at radius 2 is 1.20 bits per heavy atom. The van der Waals surface area contributed by atoms with E-state index in [1.54, 1.807) is 0 Å². The Hall–Kier alpha value is -1.04. The molecule has 0 aromatic carbocycles. The highest BCUT2D eigenvalue weighted by Crippen LogP contribution is 1.94. The molecule has 0 atom stereocenters. The van der Waals surface area contributed by atoms with E-state index in [0.29, 0.717) is 0 Å². The Bertz CT molecular complexity index is 158. The maximum Gasteiger partial charge on any atom is -0.0130 e. The molecule has 0 aliphatic heterocycles. The molecular formula is C10H11. The number of hydrogen-bond acceptors (Lipinski definition) is 0. The van der Waals surface area contributed by atoms with E-state index in [2.05, 4.69) is 24.6 Å². The Kier molecular flexibility index (Phi) is 3.40. The molecule has 0 saturated heterocycles. The van der Waals surface area contributed by atoms with Crippen molar-refractivity contribution in [2.75, 3.05) is 0 Å². The van der Waals surface area contributed by atoms with Gasteiger partial charge in [0.25, 0.3) is 0 Å². The highest BCUT2D eigenvalue weighted by Gasteiger charge is 1.75. The van der Waals surface area contributed by atoms with Crippen LogP contribution in [-0.2, 0) is 0 Å². The monoisotopic (exact) mass is 131 g/mol. The zero-order valence-corrected chi connectivity index (χ0v) is 5.90. The predicted octanol–water partition coefficient (Wildman–Crippen LogP) is 2.82. The third-order valence-corrected chi connectivity index (χ3v) is 1.21. The van der Waals surface area contributed by atoms with Crippen molar-refractivity contribution in [3.05, 3.63) is 55.0 Å². The van der Waals surface area contributed by atoms with Crippen molar-refractivity contribution < 1.29 is 0 Å². The SMILES string of the molecule is [CH]1\C=C/C=C\C=C/C=C\C1. The van der Waals surface area contributed by atoms with Crippen molar-refractivity contribution in [1.29, 1.82) is 0 Å². The summed E-state index contributed by atoms with van der Waals surface area (Å²) in [6, 6.07) is 0. The lowest BCUT2D eigenvalue weighted by molar-refractivity contribution is 1.29. The molecule has 0 heteroatoms. The maximum atomic E-state index is 2.12. The highest BCUT2D eigenvalue weighted by molar-refractivity contribution is 5.19. The van der Waals surface area contributed by atoms with Crippen molar-refractivity contribution in [3.8, 4) is 0 Å². The van der Waals surface area contributed by atoms with Crippen molar-refractivity contribution >= 4 is 0 Å². The second-order valence-corrected chi connectivity index (χ2v) is 2.05. The first kappa shape index (κ1) is 7.07. The van der Waals surface area contributed by atoms with E-state index in [1.807, 2.05) is 30.4 Å². The van der Waals surface area contributed by atoms with Crippen LogP contribution in [0.5, 0.6) is 0 Å². The summed E-state index contributed by atoms with van der Waals surface area (Å²) in [6.07, 6.45) is 19.5. The van der Waals surface area contributed by atoms with Gasteiger partial charge >= 0.3 is 0 Å². The van der Waals surface area contributed by atoms with Gasteiger partial charge in [0, 0.05) is 0 Å². The first-order valence-electron chi connectivity index (χ1n) is 3.48. The van der Waals surface area contributed by atoms with Crippen LogP contribution in [0.3, 0.4) is 0 Å². The summed E-state index contributed by atoms with van der Waals surface area (Å²) in [5.74, 6) is 0. The lowest BCUT2D eigenvalue weighted by Crippen LogP contribution is -1.66. The Labute approximate surface area is 62.3 Å². The number of allylic oxidation sites excluding steroid dienone is 8. The van der Waals surface area contributed by atoms with Crippen LogP contribution < -0.4 is 0 Å². The minimum atomic E-state index is 1.02. The number of hydrogen-bond donors (Lipinski definition) is 0. The topological polar surface area (TPSA) is 0 Å². The van der Waals surface area contributed by atoms with Crippen LogP contribution in [-0.4, -0.2) is 0 Å². The molecule has 1 rings (SSSR count). The zero-order valence-electron chi connectivity index (χ0n) is 5.90. The van der Waals surface area contributed by atoms with E-state index in [0.717, 1.165) is 6.42 Å². The van der Waals surface area contributed by atoms with Gasteiger partial charge in [-0.2, -0.15) is 0 Å². The molecule has 1 aliphatic rings. The standard InChI is InChI=1S/C10H11/c1-2-4-6-8-10-9-7-5-3-1/h1-9H,10H2/b2-1-,5-3-,6-4-,9-7-. The molecule has 0 spiro atoms. The average Bonchev–Trinajstić information content (AvgIpc) is 2.01. The second kappa shape index (κ2) is 4.80. The Balaban J connectivity index is 2.53. The fraction of sp³-hybridized carbons (Fsp3) is 0.100. The van der Waals surface area contributed by atoms with Gasteiger partial charge < -0.3 is 0 Å². The third-order valence-electron chi connectivity index (χ3n) is 1.21. The van der Waals surface area contributed by atoms with Gasteiger partial charge in [0.1, 0.15) is 0 Å². The summed E-state index contributed by atoms with van der Waals surface area (Å²) in [5.41, 5.74) is 0. The Morgan fingerprint density at radius 3 is 2.00 bits per heavy atom. The minimum Gasteiger partial charge on any atom is -0.0839 e. The molecule has 0 unspecified atom stereocenters. The first-order chi connectivity index (χ1) is 5.00. The van der Waals surface area contributed by atoms with E-state index in [4.69, 9.17) is 0 Å². The van der Waals surface area contributed by atoms with Crippen molar-refractivity contribution in [2.24, 2.45) is 0 Å². The Morgan fingerprint density at radius 1 is 0.600 bits per heavy atom. The van der Waals surface area contributed by atoms with Crippen molar-refractivity contribution in [1.82, 2.24) is 0 Å². The summed E-state index contributed by atoms with van der Waals surface area (Å²) in [5, 5.41) is 0. The summed E-state index contributed by atoms with van der Waals surface area (Å²) in [7, 11) is 0. The third kappa shape index (κ3) is 3.08. The molecule has 0 aromatic heterocycles. The average molecular weight is 131 g/mol. The molecule has 0 fully saturated rings. The van der Waals surface area contributed by atoms with E-state index in [9.17, 15) is 0 Å². The normalized spacial score (nSPS) is 30.4. The van der Waals surface area contributed by atoms with E-state index in [1.165, 1.54) is 0 Å². The lowest BCUT2D eigenvalue weighted by atomic mass is 10.2. The molecule has 0 aromatic rings. The molecule has 0 nitrogen and oxygen atoms in total. The number of rotatable bonds is 0. The largest absolute Gasteiger partial charge is 0.0839 e. The van der Waals surface area contributed by atoms with E-state index >= 15 is 0 Å². The van der Waals surface area contributed by atoms with Gasteiger partial charge in [-0.3, -0.25) is 0 Å². The molecule has 51 valence electrons. The van der Waals surface area contributed by atoms with Crippen LogP contribution in [0.1, 0.15) is 6.42 Å². The lowest BCUT2D eigenvalue weighted by Gasteiger charge is -1.84. The fourth-order valence-corrected chi connectivity index (χ4v) is 0.714. The van der Waals surface area contributed by atoms with Gasteiger partial charge in [0.05, 0.1) is 0 Å². The van der Waals surface area contributed by atoms with E-state index < -0.39 is 0 Å². The maximum absolute atomic E-state index is 2.12. The quantitative estimate of drug-likeness (QED) is 0.474. The van der Waals surface area contributed by atoms with Gasteiger partial charge in [0.15, 0.2) is 0 Å². The van der Waals surface area contributed by atoms with Gasteiger partial charge in [-0.15, -0.1) is 0 Å². The van der Waals surface area contributed by atoms with Gasteiger partial charge in [-0.25, -0.2) is 0 Å². The smallest absolute Gasteiger partial charge is 0.0130 e. The van der Waals surface area contributed by atoms with Crippen LogP contribution in [0.15, 0.2) is 48.6 Å². The van der Waals surface area contributed by atoms with Crippen LogP contribution in [0, 0.1) is 6.42 Å². The van der Waals surface area contributed by atoms with Crippen LogP contribution in [0.25, 0.3) is 0 Å². The molecule has 0 heterocycles. The summed E-state index contributed by atoms with van der Waals surface area (Å²) in [4.78, 5) is 0. The van der Waals surface area contributed by atoms with Crippen molar-refractivity contribution in [2.45, 2.75) is 6.42 Å². The summed E-state index contributed by atoms with van der Waals surface area (Å²) < 4.78 is 0. The van der Waals surface area contributed by atoms with Gasteiger partial charge in [0.2, 0.25) is 0 Å². The molecule has 0 bridgehead atoms.